The van der Waals surface area contributed by atoms with Gasteiger partial charge in [0.05, 0.1) is 20.2 Å². The number of amides is 4. The van der Waals surface area contributed by atoms with Crippen LogP contribution in [0, 0.1) is 12.7 Å². The van der Waals surface area contributed by atoms with Crippen LogP contribution in [0.15, 0.2) is 214 Å². The number of thiazole rings is 2. The van der Waals surface area contributed by atoms with E-state index in [1.165, 1.54) is 53.5 Å². The number of hydrogen-bond donors (Lipinski definition) is 4. The summed E-state index contributed by atoms with van der Waals surface area (Å²) in [6, 6.07) is 45.1. The van der Waals surface area contributed by atoms with E-state index in [2.05, 4.69) is 83.8 Å². The van der Waals surface area contributed by atoms with Crippen LogP contribution in [-0.4, -0.2) is 164 Å². The number of aromatic nitrogens is 6. The van der Waals surface area contributed by atoms with Crippen LogP contribution in [0.5, 0.6) is 0 Å². The number of urea groups is 1. The van der Waals surface area contributed by atoms with Gasteiger partial charge in [-0.3, -0.25) is 23.8 Å². The smallest absolute Gasteiger partial charge is 0.321 e. The van der Waals surface area contributed by atoms with Gasteiger partial charge in [0.1, 0.15) is 30.5 Å². The van der Waals surface area contributed by atoms with Crippen molar-refractivity contribution in [2.45, 2.75) is 67.1 Å². The van der Waals surface area contributed by atoms with Crippen LogP contribution in [0.1, 0.15) is 38.2 Å². The van der Waals surface area contributed by atoms with Crippen LogP contribution in [0.4, 0.5) is 48.0 Å². The molecule has 4 N–H and O–H groups in total. The number of aryl methyl sites for hydroxylation is 1. The molecule has 4 amide bonds. The summed E-state index contributed by atoms with van der Waals surface area (Å²) in [4.78, 5) is 67.1. The first-order valence-electron chi connectivity index (χ1n) is 32.9. The quantitative estimate of drug-likeness (QED) is 0.0659. The summed E-state index contributed by atoms with van der Waals surface area (Å²) in [5, 5.41) is 9.46. The van der Waals surface area contributed by atoms with E-state index in [4.69, 9.17) is 11.6 Å². The summed E-state index contributed by atoms with van der Waals surface area (Å²) in [5.74, 6) is -0.0866. The number of halogens is 2. The Morgan fingerprint density at radius 2 is 1.12 bits per heavy atom. The third kappa shape index (κ3) is 17.3. The van der Waals surface area contributed by atoms with Crippen molar-refractivity contribution in [3.8, 4) is 0 Å². The van der Waals surface area contributed by atoms with Crippen molar-refractivity contribution in [1.82, 2.24) is 43.8 Å². The zero-order valence-electron chi connectivity index (χ0n) is 56.4. The fourth-order valence-electron chi connectivity index (χ4n) is 12.7. The van der Waals surface area contributed by atoms with Crippen molar-refractivity contribution < 1.29 is 49.7 Å². The van der Waals surface area contributed by atoms with Gasteiger partial charge in [-0.05, 0) is 160 Å². The summed E-state index contributed by atoms with van der Waals surface area (Å²) < 4.78 is 101. The number of benzene rings is 6. The number of hydrogen-bond acceptors (Lipinski definition) is 18. The van der Waals surface area contributed by atoms with Crippen LogP contribution >= 0.6 is 34.3 Å². The van der Waals surface area contributed by atoms with Crippen molar-refractivity contribution >= 4 is 143 Å². The number of anilines is 7. The van der Waals surface area contributed by atoms with Crippen molar-refractivity contribution in [3.63, 3.8) is 0 Å². The Morgan fingerprint density at radius 3 is 1.65 bits per heavy atom. The number of nitrogens with one attached hydrogen (secondary N) is 4. The zero-order chi connectivity index (χ0) is 72.6. The van der Waals surface area contributed by atoms with E-state index in [9.17, 15) is 44.0 Å². The Kier molecular flexibility index (Phi) is 22.3. The molecule has 3 fully saturated rings. The Balaban J connectivity index is 0.000000199. The highest BCUT2D eigenvalue weighted by atomic mass is 35.5. The van der Waals surface area contributed by atoms with E-state index in [1.807, 2.05) is 67.0 Å². The lowest BCUT2D eigenvalue weighted by Gasteiger charge is -2.42. The largest absolute Gasteiger partial charge is 0.368 e. The number of sulfonamides is 3. The Morgan fingerprint density at radius 1 is 0.592 bits per heavy atom. The second-order valence-corrected chi connectivity index (χ2v) is 32.0. The molecule has 25 nitrogen and oxygen atoms in total. The first-order valence-corrected chi connectivity index (χ1v) is 39.5. The van der Waals surface area contributed by atoms with Gasteiger partial charge >= 0.3 is 6.03 Å². The Labute approximate surface area is 615 Å². The van der Waals surface area contributed by atoms with Gasteiger partial charge in [-0.25, -0.2) is 54.4 Å². The standard InChI is InChI=1S/C26H29N5O3S2.C24H24FN5O3S2.C21H21ClN6O3S.4H2/c1-18-16-21-6-4-5-7-24(21)31(18)20(3)25(32)30-14-13-29(17-19(30)2)22-8-10-23(11-9-22)36(33,34)28-26-27-12-15-35-26;1-17-15-28(19-5-7-20(8-6-19)35(32,33)27-24-26-10-14-34-24)12-13-30(17)22(31)16-29-11-9-18-3-2-4-21(25)23(18)29;22-16-1-3-17(4-2-16)25-21(29)28-13-11-27(12-14-28)18-5-7-19(8-6-18)32(30,31)26-20-9-10-23-15-24-20;;;;/h4-12,15-16,19-20H,13-14,17H2,1-3H3,(H,27,28);2-11,14,17H,12-13,15-16H2,1H3,(H,26,27);1-10,15H,11-14H2,(H,25,29)(H,23,24,26);4*1H. The molecule has 0 spiro atoms. The minimum Gasteiger partial charge on any atom is -0.368 e. The highest BCUT2D eigenvalue weighted by Crippen LogP contribution is 2.31. The normalized spacial score (nSPS) is 16.1. The molecular weight excluding hydrogens is 1440 g/mol. The fraction of sp³-hybridized carbons (Fsp3) is 0.254. The van der Waals surface area contributed by atoms with Crippen LogP contribution in [-0.2, 0) is 46.2 Å². The molecule has 3 unspecified atom stereocenters. The summed E-state index contributed by atoms with van der Waals surface area (Å²) in [5.41, 5.74) is 5.98. The third-order valence-corrected chi connectivity index (χ3v) is 23.9. The maximum absolute atomic E-state index is 14.3. The van der Waals surface area contributed by atoms with E-state index < -0.39 is 30.1 Å². The highest BCUT2D eigenvalue weighted by molar-refractivity contribution is 7.93. The van der Waals surface area contributed by atoms with Gasteiger partial charge in [-0.1, -0.05) is 41.9 Å². The molecule has 544 valence electrons. The summed E-state index contributed by atoms with van der Waals surface area (Å²) in [7, 11) is -11.1. The maximum Gasteiger partial charge on any atom is 0.321 e. The van der Waals surface area contributed by atoms with Gasteiger partial charge in [-0.2, -0.15) is 0 Å². The fourth-order valence-corrected chi connectivity index (χ4v) is 17.4. The average Bonchev–Trinajstić information content (AvgIpc) is 1.69. The minimum atomic E-state index is -3.74. The van der Waals surface area contributed by atoms with E-state index in [-0.39, 0.29) is 74.5 Å². The minimum absolute atomic E-state index is 0. The third-order valence-electron chi connectivity index (χ3n) is 17.9. The van der Waals surface area contributed by atoms with Crippen LogP contribution in [0.2, 0.25) is 5.02 Å². The molecule has 3 aliphatic heterocycles. The molecule has 0 aliphatic carbocycles. The molecule has 0 saturated carbocycles. The van der Waals surface area contributed by atoms with E-state index in [0.29, 0.717) is 91.9 Å². The van der Waals surface area contributed by atoms with Gasteiger partial charge in [0.2, 0.25) is 11.8 Å². The van der Waals surface area contributed by atoms with Gasteiger partial charge in [0.25, 0.3) is 30.1 Å². The summed E-state index contributed by atoms with van der Waals surface area (Å²) in [6.45, 7) is 14.2. The van der Waals surface area contributed by atoms with E-state index >= 15 is 0 Å². The number of carbonyl (C=O) groups is 3. The lowest BCUT2D eigenvalue weighted by atomic mass is 10.1. The Bertz CT molecular complexity index is 5140. The lowest BCUT2D eigenvalue weighted by Crippen LogP contribution is -2.55. The topological polar surface area (TPSA) is 283 Å². The average molecular weight is 1520 g/mol. The molecule has 3 aliphatic rings. The van der Waals surface area contributed by atoms with Crippen molar-refractivity contribution in [2.75, 3.05) is 99.6 Å². The molecule has 5 aromatic heterocycles. The van der Waals surface area contributed by atoms with Crippen LogP contribution < -0.4 is 34.2 Å². The number of nitrogens with zero attached hydrogens (tertiary/aromatic N) is 12. The first kappa shape index (κ1) is 72.6. The Hall–Kier alpha value is -10.2. The highest BCUT2D eigenvalue weighted by Gasteiger charge is 2.33. The molecule has 3 saturated heterocycles. The predicted octanol–water partition coefficient (Wildman–Crippen LogP) is 12.5. The molecule has 14 rings (SSSR count). The van der Waals surface area contributed by atoms with E-state index in [1.54, 1.807) is 124 Å². The molecule has 8 heterocycles. The molecule has 32 heteroatoms. The number of piperazine rings is 3. The maximum atomic E-state index is 14.3. The van der Waals surface area contributed by atoms with Crippen molar-refractivity contribution in [3.05, 3.63) is 216 Å². The molecule has 103 heavy (non-hydrogen) atoms. The number of carbonyl (C=O) groups excluding carboxylic acids is 3. The number of para-hydroxylation sites is 2. The monoisotopic (exact) mass is 1520 g/mol. The summed E-state index contributed by atoms with van der Waals surface area (Å²) in [6.07, 6.45) is 7.57. The van der Waals surface area contributed by atoms with Gasteiger partial charge < -0.3 is 43.9 Å². The zero-order valence-corrected chi connectivity index (χ0v) is 61.2. The van der Waals surface area contributed by atoms with Gasteiger partial charge in [-0.15, -0.1) is 22.7 Å². The lowest BCUT2D eigenvalue weighted by molar-refractivity contribution is -0.136. The molecule has 6 aromatic carbocycles. The predicted molar refractivity (Wildman–Crippen MR) is 411 cm³/mol. The first-order chi connectivity index (χ1) is 49.5. The molecule has 11 aromatic rings. The van der Waals surface area contributed by atoms with Gasteiger partial charge in [0, 0.05) is 163 Å². The molecule has 0 bridgehead atoms. The molecule has 3 atom stereocenters. The number of rotatable bonds is 17. The van der Waals surface area contributed by atoms with Crippen molar-refractivity contribution in [2.24, 2.45) is 0 Å². The van der Waals surface area contributed by atoms with Gasteiger partial charge in [0.15, 0.2) is 10.3 Å². The van der Waals surface area contributed by atoms with Crippen LogP contribution in [0.25, 0.3) is 21.8 Å². The SMILES string of the molecule is CC1CN(c2ccc(S(=O)(=O)Nc3nccs3)cc2)CCN1C(=O)Cn1ccc2cccc(F)c21.Cc1cc2ccccc2n1C(C)C(=O)N1CCN(c2ccc(S(=O)(=O)Nc3nccs3)cc2)CC1C.O=C(Nc1ccc(Cl)cc1)N1CCN(c2ccc(S(=O)(=O)Nc3ccncn3)cc2)CC1.[HH].[HH].[HH].[HH]. The molecular formula is C71H82ClFN16O9S5. The summed E-state index contributed by atoms with van der Waals surface area (Å²) >= 11 is 8.32. The van der Waals surface area contributed by atoms with Crippen LogP contribution in [0.3, 0.4) is 0 Å². The molecule has 0 radical (unpaired) electrons. The second-order valence-electron chi connectivity index (χ2n) is 24.7. The van der Waals surface area contributed by atoms with Crippen molar-refractivity contribution in [1.29, 1.82) is 0 Å². The number of fused-ring (bicyclic) bond motifs is 2. The van der Waals surface area contributed by atoms with E-state index in [0.717, 1.165) is 39.0 Å². The second kappa shape index (κ2) is 31.6.